The van der Waals surface area contributed by atoms with E-state index in [4.69, 9.17) is 0 Å². The third kappa shape index (κ3) is 4.45. The van der Waals surface area contributed by atoms with Crippen molar-refractivity contribution < 1.29 is 22.7 Å². The van der Waals surface area contributed by atoms with E-state index in [0.717, 1.165) is 5.56 Å². The van der Waals surface area contributed by atoms with Crippen LogP contribution >= 0.6 is 0 Å². The van der Waals surface area contributed by atoms with Crippen LogP contribution in [-0.2, 0) is 21.1 Å². The van der Waals surface area contributed by atoms with Gasteiger partial charge in [-0.15, -0.1) is 0 Å². The van der Waals surface area contributed by atoms with E-state index < -0.39 is 21.8 Å². The van der Waals surface area contributed by atoms with Gasteiger partial charge in [0.15, 0.2) is 9.84 Å². The monoisotopic (exact) mass is 326 g/mol. The Kier molecular flexibility index (Phi) is 5.02. The summed E-state index contributed by atoms with van der Waals surface area (Å²) < 4.78 is 27.2. The first kappa shape index (κ1) is 16.3. The zero-order chi connectivity index (χ0) is 16.2. The number of hydrogen-bond donors (Lipinski definition) is 2. The molecular weight excluding hydrogens is 308 g/mol. The zero-order valence-corrected chi connectivity index (χ0v) is 13.0. The molecule has 1 aliphatic heterocycles. The van der Waals surface area contributed by atoms with Gasteiger partial charge in [-0.3, -0.25) is 0 Å². The molecule has 0 spiro atoms. The molecule has 1 atom stereocenters. The van der Waals surface area contributed by atoms with Crippen LogP contribution in [0.1, 0.15) is 22.3 Å². The maximum absolute atomic E-state index is 11.7. The normalized spacial score (nSPS) is 19.4. The second kappa shape index (κ2) is 6.78. The highest BCUT2D eigenvalue weighted by atomic mass is 32.2. The van der Waals surface area contributed by atoms with Crippen LogP contribution in [0, 0.1) is 0 Å². The van der Waals surface area contributed by atoms with E-state index in [2.05, 4.69) is 15.4 Å². The number of urea groups is 1. The third-order valence-electron chi connectivity index (χ3n) is 3.40. The van der Waals surface area contributed by atoms with Crippen LogP contribution in [-0.4, -0.2) is 45.1 Å². The fraction of sp³-hybridized carbons (Fsp3) is 0.429. The lowest BCUT2D eigenvalue weighted by Crippen LogP contribution is -2.42. The highest BCUT2D eigenvalue weighted by molar-refractivity contribution is 7.91. The number of carbonyl (C=O) groups excluding carboxylic acids is 2. The number of hydrogen-bond acceptors (Lipinski definition) is 5. The Labute approximate surface area is 129 Å². The molecule has 1 aromatic carbocycles. The molecule has 2 rings (SSSR count). The summed E-state index contributed by atoms with van der Waals surface area (Å²) in [6, 6.07) is 5.93. The smallest absolute Gasteiger partial charge is 0.337 e. The maximum Gasteiger partial charge on any atom is 0.337 e. The molecule has 2 N–H and O–H groups in total. The standard InChI is InChI=1S/C14H18N2O5S/c1-21-13(17)11-4-2-10(3-5-11)8-15-14(18)16-12-6-7-22(19,20)9-12/h2-5,12H,6-9H2,1H3,(H2,15,16,18). The number of benzene rings is 1. The Hall–Kier alpha value is -2.09. The van der Waals surface area contributed by atoms with E-state index in [9.17, 15) is 18.0 Å². The molecule has 1 aliphatic rings. The van der Waals surface area contributed by atoms with Gasteiger partial charge in [0.25, 0.3) is 0 Å². The number of nitrogens with one attached hydrogen (secondary N) is 2. The third-order valence-corrected chi connectivity index (χ3v) is 5.16. The largest absolute Gasteiger partial charge is 0.465 e. The molecule has 1 heterocycles. The van der Waals surface area contributed by atoms with Crippen LogP contribution in [0.25, 0.3) is 0 Å². The lowest BCUT2D eigenvalue weighted by Gasteiger charge is -2.12. The predicted molar refractivity (Wildman–Crippen MR) is 80.2 cm³/mol. The summed E-state index contributed by atoms with van der Waals surface area (Å²) in [5.74, 6) is -0.305. The zero-order valence-electron chi connectivity index (χ0n) is 12.2. The van der Waals surface area contributed by atoms with Gasteiger partial charge in [0, 0.05) is 12.6 Å². The van der Waals surface area contributed by atoms with Crippen molar-refractivity contribution in [2.24, 2.45) is 0 Å². The first-order valence-electron chi connectivity index (χ1n) is 6.81. The first-order chi connectivity index (χ1) is 10.4. The van der Waals surface area contributed by atoms with Gasteiger partial charge >= 0.3 is 12.0 Å². The fourth-order valence-electron chi connectivity index (χ4n) is 2.20. The summed E-state index contributed by atoms with van der Waals surface area (Å²) >= 11 is 0. The van der Waals surface area contributed by atoms with Gasteiger partial charge in [-0.1, -0.05) is 12.1 Å². The summed E-state index contributed by atoms with van der Waals surface area (Å²) in [4.78, 5) is 23.0. The van der Waals surface area contributed by atoms with Crippen molar-refractivity contribution in [1.29, 1.82) is 0 Å². The van der Waals surface area contributed by atoms with Gasteiger partial charge in [-0.25, -0.2) is 18.0 Å². The molecule has 0 radical (unpaired) electrons. The summed E-state index contributed by atoms with van der Waals surface area (Å²) in [5.41, 5.74) is 1.26. The number of esters is 1. The minimum Gasteiger partial charge on any atom is -0.465 e. The van der Waals surface area contributed by atoms with Gasteiger partial charge in [-0.2, -0.15) is 0 Å². The quantitative estimate of drug-likeness (QED) is 0.783. The summed E-state index contributed by atoms with van der Waals surface area (Å²) in [6.45, 7) is 0.284. The predicted octanol–water partition coefficient (Wildman–Crippen LogP) is 0.460. The van der Waals surface area contributed by atoms with E-state index in [0.29, 0.717) is 12.0 Å². The number of ether oxygens (including phenoxy) is 1. The fourth-order valence-corrected chi connectivity index (χ4v) is 3.88. The average Bonchev–Trinajstić information content (AvgIpc) is 2.83. The highest BCUT2D eigenvalue weighted by Gasteiger charge is 2.28. The number of methoxy groups -OCH3 is 1. The molecule has 1 aromatic rings. The van der Waals surface area contributed by atoms with Gasteiger partial charge in [0.1, 0.15) is 0 Å². The molecule has 7 nitrogen and oxygen atoms in total. The highest BCUT2D eigenvalue weighted by Crippen LogP contribution is 2.11. The summed E-state index contributed by atoms with van der Waals surface area (Å²) in [7, 11) is -1.70. The Balaban J connectivity index is 1.80. The lowest BCUT2D eigenvalue weighted by molar-refractivity contribution is 0.0600. The number of rotatable bonds is 4. The second-order valence-electron chi connectivity index (χ2n) is 5.12. The molecule has 1 saturated heterocycles. The molecule has 22 heavy (non-hydrogen) atoms. The van der Waals surface area contributed by atoms with Gasteiger partial charge in [0.05, 0.1) is 24.2 Å². The number of carbonyl (C=O) groups is 2. The molecule has 2 amide bonds. The summed E-state index contributed by atoms with van der Waals surface area (Å²) in [6.07, 6.45) is 0.448. The van der Waals surface area contributed by atoms with Crippen molar-refractivity contribution in [3.8, 4) is 0 Å². The molecule has 0 aromatic heterocycles. The Morgan fingerprint density at radius 2 is 1.95 bits per heavy atom. The van der Waals surface area contributed by atoms with Crippen molar-refractivity contribution in [2.45, 2.75) is 19.0 Å². The van der Waals surface area contributed by atoms with Crippen LogP contribution in [0.5, 0.6) is 0 Å². The van der Waals surface area contributed by atoms with E-state index in [1.165, 1.54) is 7.11 Å². The summed E-state index contributed by atoms with van der Waals surface area (Å²) in [5, 5.41) is 5.29. The van der Waals surface area contributed by atoms with Crippen LogP contribution in [0.4, 0.5) is 4.79 Å². The van der Waals surface area contributed by atoms with Crippen molar-refractivity contribution in [1.82, 2.24) is 10.6 Å². The van der Waals surface area contributed by atoms with E-state index >= 15 is 0 Å². The molecular formula is C14H18N2O5S. The van der Waals surface area contributed by atoms with Crippen molar-refractivity contribution in [2.75, 3.05) is 18.6 Å². The van der Waals surface area contributed by atoms with E-state index in [1.807, 2.05) is 0 Å². The van der Waals surface area contributed by atoms with E-state index in [1.54, 1.807) is 24.3 Å². The van der Waals surface area contributed by atoms with Crippen LogP contribution in [0.15, 0.2) is 24.3 Å². The minimum absolute atomic E-state index is 0.00571. The molecule has 8 heteroatoms. The van der Waals surface area contributed by atoms with Gasteiger partial charge in [-0.05, 0) is 24.1 Å². The van der Waals surface area contributed by atoms with E-state index in [-0.39, 0.29) is 24.1 Å². The molecule has 0 bridgehead atoms. The van der Waals surface area contributed by atoms with Crippen LogP contribution in [0.2, 0.25) is 0 Å². The van der Waals surface area contributed by atoms with Crippen molar-refractivity contribution in [3.05, 3.63) is 35.4 Å². The lowest BCUT2D eigenvalue weighted by atomic mass is 10.1. The number of amides is 2. The van der Waals surface area contributed by atoms with Crippen molar-refractivity contribution >= 4 is 21.8 Å². The SMILES string of the molecule is COC(=O)c1ccc(CNC(=O)NC2CCS(=O)(=O)C2)cc1. The molecule has 1 fully saturated rings. The Bertz CT molecular complexity index is 654. The first-order valence-corrected chi connectivity index (χ1v) is 8.64. The molecule has 120 valence electrons. The number of sulfone groups is 1. The van der Waals surface area contributed by atoms with Gasteiger partial charge < -0.3 is 15.4 Å². The topological polar surface area (TPSA) is 102 Å². The average molecular weight is 326 g/mol. The Morgan fingerprint density at radius 3 is 2.50 bits per heavy atom. The molecule has 1 unspecified atom stereocenters. The maximum atomic E-state index is 11.7. The van der Waals surface area contributed by atoms with Crippen LogP contribution in [0.3, 0.4) is 0 Å². The van der Waals surface area contributed by atoms with Crippen LogP contribution < -0.4 is 10.6 Å². The van der Waals surface area contributed by atoms with Gasteiger partial charge in [0.2, 0.25) is 0 Å². The Morgan fingerprint density at radius 1 is 1.27 bits per heavy atom. The minimum atomic E-state index is -3.01. The second-order valence-corrected chi connectivity index (χ2v) is 7.34. The molecule has 0 saturated carbocycles. The van der Waals surface area contributed by atoms with Crippen molar-refractivity contribution in [3.63, 3.8) is 0 Å². The molecule has 0 aliphatic carbocycles.